The maximum Gasteiger partial charge on any atom is 0.284 e. The molecule has 0 aromatic heterocycles. The molecule has 0 amide bonds. The van der Waals surface area contributed by atoms with Crippen LogP contribution in [0.5, 0.6) is 0 Å². The summed E-state index contributed by atoms with van der Waals surface area (Å²) in [5, 5.41) is -1.44. The molecule has 102 valence electrons. The van der Waals surface area contributed by atoms with Crippen molar-refractivity contribution in [1.29, 1.82) is 0 Å². The largest absolute Gasteiger partial charge is 0.285 e. The Bertz CT molecular complexity index is 547. The summed E-state index contributed by atoms with van der Waals surface area (Å²) in [6.45, 7) is 5.73. The van der Waals surface area contributed by atoms with Crippen LogP contribution < -0.4 is 0 Å². The van der Waals surface area contributed by atoms with Crippen LogP contribution in [0.3, 0.4) is 0 Å². The topological polar surface area (TPSA) is 97.7 Å². The molecule has 1 aromatic rings. The smallest absolute Gasteiger partial charge is 0.284 e. The van der Waals surface area contributed by atoms with Crippen molar-refractivity contribution < 1.29 is 25.6 Å². The van der Waals surface area contributed by atoms with Gasteiger partial charge in [-0.1, -0.05) is 30.3 Å². The van der Waals surface area contributed by atoms with E-state index in [1.165, 1.54) is 0 Å². The van der Waals surface area contributed by atoms with Gasteiger partial charge < -0.3 is 0 Å². The summed E-state index contributed by atoms with van der Waals surface area (Å²) in [7, 11) is -8.87. The normalized spacial score (nSPS) is 11.4. The van der Waals surface area contributed by atoms with E-state index in [1.54, 1.807) is 30.3 Å². The lowest BCUT2D eigenvalue weighted by Gasteiger charge is -2.03. The molecule has 0 spiro atoms. The van der Waals surface area contributed by atoms with Gasteiger partial charge in [0.15, 0.2) is 0 Å². The van der Waals surface area contributed by atoms with Crippen molar-refractivity contribution in [3.05, 3.63) is 49.1 Å². The van der Waals surface area contributed by atoms with Gasteiger partial charge in [0.25, 0.3) is 20.2 Å². The Morgan fingerprint density at radius 2 is 1.56 bits per heavy atom. The van der Waals surface area contributed by atoms with Gasteiger partial charge in [0.05, 0.1) is 6.61 Å². The Hall–Kier alpha value is -1.22. The van der Waals surface area contributed by atoms with E-state index < -0.39 is 25.3 Å². The van der Waals surface area contributed by atoms with E-state index in [9.17, 15) is 16.8 Å². The molecule has 0 radical (unpaired) electrons. The Balaban J connectivity index is 0.00000137. The summed E-state index contributed by atoms with van der Waals surface area (Å²) in [6, 6.07) is 8.38. The fraction of sp³-hybridized carbons (Fsp3) is 0.200. The number of hydrogen-bond donors (Lipinski definition) is 1. The summed E-state index contributed by atoms with van der Waals surface area (Å²) >= 11 is 0. The van der Waals surface area contributed by atoms with Crippen molar-refractivity contribution in [2.75, 3.05) is 5.08 Å². The van der Waals surface area contributed by atoms with Crippen LogP contribution in [0.2, 0.25) is 0 Å². The Morgan fingerprint density at radius 1 is 1.06 bits per heavy atom. The van der Waals surface area contributed by atoms with Crippen LogP contribution in [0.15, 0.2) is 43.5 Å². The molecule has 6 nitrogen and oxygen atoms in total. The zero-order valence-corrected chi connectivity index (χ0v) is 11.2. The summed E-state index contributed by atoms with van der Waals surface area (Å²) in [4.78, 5) is 0. The maximum atomic E-state index is 11.1. The van der Waals surface area contributed by atoms with Crippen molar-refractivity contribution >= 4 is 20.2 Å². The van der Waals surface area contributed by atoms with Crippen LogP contribution >= 0.6 is 0 Å². The molecule has 0 heterocycles. The van der Waals surface area contributed by atoms with E-state index in [1.807, 2.05) is 0 Å². The van der Waals surface area contributed by atoms with Gasteiger partial charge in [-0.2, -0.15) is 16.8 Å². The minimum absolute atomic E-state index is 0.265. The summed E-state index contributed by atoms with van der Waals surface area (Å²) in [5.41, 5.74) is 0.585. The Morgan fingerprint density at radius 3 is 2.00 bits per heavy atom. The average Bonchev–Trinajstić information content (AvgIpc) is 2.28. The predicted molar refractivity (Wildman–Crippen MR) is 67.8 cm³/mol. The van der Waals surface area contributed by atoms with Crippen molar-refractivity contribution in [2.24, 2.45) is 0 Å². The SMILES string of the molecule is C=C.O=S(=O)(O)CS(=O)(=O)OCc1ccccc1. The third kappa shape index (κ3) is 7.96. The van der Waals surface area contributed by atoms with Crippen LogP contribution in [0.4, 0.5) is 0 Å². The predicted octanol–water partition coefficient (Wildman–Crippen LogP) is 1.18. The van der Waals surface area contributed by atoms with Gasteiger partial charge in [0, 0.05) is 0 Å². The molecule has 0 atom stereocenters. The lowest BCUT2D eigenvalue weighted by atomic mass is 10.2. The van der Waals surface area contributed by atoms with Crippen molar-refractivity contribution in [3.63, 3.8) is 0 Å². The molecule has 0 saturated heterocycles. The van der Waals surface area contributed by atoms with Gasteiger partial charge in [0.2, 0.25) is 5.08 Å². The summed E-state index contributed by atoms with van der Waals surface area (Å²) in [6.07, 6.45) is 0. The monoisotopic (exact) mass is 294 g/mol. The molecule has 1 N–H and O–H groups in total. The lowest BCUT2D eigenvalue weighted by molar-refractivity contribution is 0.310. The second-order valence-corrected chi connectivity index (χ2v) is 6.46. The molecule has 18 heavy (non-hydrogen) atoms. The highest BCUT2D eigenvalue weighted by Gasteiger charge is 2.20. The molecule has 0 unspecified atom stereocenters. The van der Waals surface area contributed by atoms with E-state index in [-0.39, 0.29) is 6.61 Å². The Labute approximate surface area is 107 Å². The van der Waals surface area contributed by atoms with Crippen LogP contribution in [-0.2, 0) is 31.0 Å². The second-order valence-electron chi connectivity index (χ2n) is 3.01. The van der Waals surface area contributed by atoms with Gasteiger partial charge in [-0.3, -0.25) is 8.74 Å². The first-order valence-corrected chi connectivity index (χ1v) is 7.83. The molecule has 0 aliphatic rings. The highest BCUT2D eigenvalue weighted by atomic mass is 32.3. The number of rotatable bonds is 5. The van der Waals surface area contributed by atoms with Crippen LogP contribution in [0.25, 0.3) is 0 Å². The maximum absolute atomic E-state index is 11.1. The summed E-state index contributed by atoms with van der Waals surface area (Å²) < 4.78 is 55.6. The third-order valence-electron chi connectivity index (χ3n) is 1.54. The minimum atomic E-state index is -4.60. The van der Waals surface area contributed by atoms with Gasteiger partial charge in [-0.05, 0) is 5.56 Å². The molecule has 0 saturated carbocycles. The highest BCUT2D eigenvalue weighted by molar-refractivity contribution is 8.03. The average molecular weight is 294 g/mol. The molecule has 0 bridgehead atoms. The fourth-order valence-electron chi connectivity index (χ4n) is 0.948. The van der Waals surface area contributed by atoms with Crippen LogP contribution in [-0.4, -0.2) is 26.5 Å². The van der Waals surface area contributed by atoms with E-state index >= 15 is 0 Å². The molecule has 0 fully saturated rings. The molecule has 1 aromatic carbocycles. The summed E-state index contributed by atoms with van der Waals surface area (Å²) in [5.74, 6) is 0. The highest BCUT2D eigenvalue weighted by Crippen LogP contribution is 2.05. The van der Waals surface area contributed by atoms with E-state index in [4.69, 9.17) is 4.55 Å². The van der Waals surface area contributed by atoms with Gasteiger partial charge >= 0.3 is 0 Å². The molecule has 0 aliphatic carbocycles. The first kappa shape index (κ1) is 16.8. The standard InChI is InChI=1S/C8H10O6S2.C2H4/c9-15(10,11)7-16(12,13)14-6-8-4-2-1-3-5-8;1-2/h1-5H,6-7H2,(H,9,10,11);1-2H2. The zero-order chi connectivity index (χ0) is 14.2. The Kier molecular flexibility index (Phi) is 6.77. The van der Waals surface area contributed by atoms with Gasteiger partial charge in [-0.15, -0.1) is 13.2 Å². The molecular formula is C10H14O6S2. The minimum Gasteiger partial charge on any atom is -0.285 e. The first-order valence-electron chi connectivity index (χ1n) is 4.65. The second kappa shape index (κ2) is 7.27. The van der Waals surface area contributed by atoms with E-state index in [0.717, 1.165) is 0 Å². The van der Waals surface area contributed by atoms with Crippen molar-refractivity contribution in [1.82, 2.24) is 0 Å². The van der Waals surface area contributed by atoms with Gasteiger partial charge in [0.1, 0.15) is 0 Å². The first-order chi connectivity index (χ1) is 8.29. The van der Waals surface area contributed by atoms with Crippen molar-refractivity contribution in [2.45, 2.75) is 6.61 Å². The van der Waals surface area contributed by atoms with Crippen LogP contribution in [0, 0.1) is 0 Å². The quantitative estimate of drug-likeness (QED) is 0.497. The number of benzene rings is 1. The van der Waals surface area contributed by atoms with Crippen LogP contribution in [0.1, 0.15) is 5.56 Å². The van der Waals surface area contributed by atoms with E-state index in [2.05, 4.69) is 17.3 Å². The van der Waals surface area contributed by atoms with Crippen molar-refractivity contribution in [3.8, 4) is 0 Å². The molecule has 8 heteroatoms. The van der Waals surface area contributed by atoms with Gasteiger partial charge in [-0.25, -0.2) is 0 Å². The third-order valence-corrected chi connectivity index (χ3v) is 4.36. The lowest BCUT2D eigenvalue weighted by Crippen LogP contribution is -2.17. The van der Waals surface area contributed by atoms with E-state index in [0.29, 0.717) is 5.56 Å². The molecular weight excluding hydrogens is 280 g/mol. The fourth-order valence-corrected chi connectivity index (χ4v) is 3.00. The zero-order valence-electron chi connectivity index (χ0n) is 9.52. The molecule has 1 rings (SSSR count). The molecule has 0 aliphatic heterocycles. The number of hydrogen-bond acceptors (Lipinski definition) is 5.